The number of carbonyl (C=O) groups is 2. The Bertz CT molecular complexity index is 283. The third-order valence-corrected chi connectivity index (χ3v) is 3.16. The maximum absolute atomic E-state index is 11.6. The van der Waals surface area contributed by atoms with Crippen LogP contribution in [0.2, 0.25) is 0 Å². The first kappa shape index (κ1) is 11.0. The summed E-state index contributed by atoms with van der Waals surface area (Å²) in [5, 5.41) is 0. The lowest BCUT2D eigenvalue weighted by Gasteiger charge is -2.31. The van der Waals surface area contributed by atoms with Crippen LogP contribution in [-0.4, -0.2) is 11.7 Å². The molecule has 1 rings (SSSR count). The van der Waals surface area contributed by atoms with Crippen molar-refractivity contribution in [1.82, 2.24) is 0 Å². The number of primary amides is 1. The van der Waals surface area contributed by atoms with Gasteiger partial charge in [-0.05, 0) is 19.3 Å². The number of allylic oxidation sites excluding steroid dienone is 1. The van der Waals surface area contributed by atoms with Crippen LogP contribution in [0.5, 0.6) is 0 Å². The number of hydrogen-bond donors (Lipinski definition) is 1. The fraction of sp³-hybridized carbons (Fsp3) is 0.636. The maximum atomic E-state index is 11.6. The molecule has 0 aromatic rings. The summed E-state index contributed by atoms with van der Waals surface area (Å²) in [6, 6.07) is 0. The van der Waals surface area contributed by atoms with Crippen molar-refractivity contribution < 1.29 is 9.59 Å². The highest BCUT2D eigenvalue weighted by Crippen LogP contribution is 2.34. The van der Waals surface area contributed by atoms with Gasteiger partial charge in [0.15, 0.2) is 0 Å². The lowest BCUT2D eigenvalue weighted by molar-refractivity contribution is -0.135. The van der Waals surface area contributed by atoms with Crippen LogP contribution in [0.1, 0.15) is 26.7 Å². The standard InChI is InChI=1S/C11H17NO2/c1-6(2)8-4-9(11(12)14)7(3)10(13)5-8/h7-9H,1,4-5H2,2-3H3,(H2,12,14)/t7-,8+,9-/m1/s1. The zero-order chi connectivity index (χ0) is 10.9. The molecule has 0 heterocycles. The SMILES string of the molecule is C=C(C)[C@@H]1CC(=O)[C@H](C)[C@H](C(N)=O)C1. The van der Waals surface area contributed by atoms with E-state index < -0.39 is 0 Å². The molecule has 0 aromatic carbocycles. The second kappa shape index (κ2) is 3.95. The summed E-state index contributed by atoms with van der Waals surface area (Å²) in [4.78, 5) is 22.7. The van der Waals surface area contributed by atoms with Crippen molar-refractivity contribution in [1.29, 1.82) is 0 Å². The van der Waals surface area contributed by atoms with Gasteiger partial charge in [-0.2, -0.15) is 0 Å². The molecule has 1 amide bonds. The van der Waals surface area contributed by atoms with Crippen LogP contribution in [0.15, 0.2) is 12.2 Å². The molecule has 14 heavy (non-hydrogen) atoms. The van der Waals surface area contributed by atoms with Gasteiger partial charge < -0.3 is 5.73 Å². The van der Waals surface area contributed by atoms with E-state index >= 15 is 0 Å². The molecule has 0 bridgehead atoms. The number of hydrogen-bond acceptors (Lipinski definition) is 2. The van der Waals surface area contributed by atoms with E-state index in [0.29, 0.717) is 12.8 Å². The van der Waals surface area contributed by atoms with Crippen molar-refractivity contribution in [2.45, 2.75) is 26.7 Å². The van der Waals surface area contributed by atoms with Gasteiger partial charge in [0.25, 0.3) is 0 Å². The number of ketones is 1. The Morgan fingerprint density at radius 3 is 2.57 bits per heavy atom. The topological polar surface area (TPSA) is 60.2 Å². The molecule has 3 heteroatoms. The average molecular weight is 195 g/mol. The highest BCUT2D eigenvalue weighted by Gasteiger charge is 2.36. The third kappa shape index (κ3) is 2.03. The minimum Gasteiger partial charge on any atom is -0.369 e. The molecule has 0 aliphatic heterocycles. The molecule has 3 nitrogen and oxygen atoms in total. The smallest absolute Gasteiger partial charge is 0.221 e. The van der Waals surface area contributed by atoms with E-state index in [1.807, 2.05) is 6.92 Å². The molecular formula is C11H17NO2. The van der Waals surface area contributed by atoms with E-state index in [1.165, 1.54) is 0 Å². The number of nitrogens with two attached hydrogens (primary N) is 1. The molecule has 1 fully saturated rings. The monoisotopic (exact) mass is 195 g/mol. The van der Waals surface area contributed by atoms with E-state index in [2.05, 4.69) is 6.58 Å². The number of Topliss-reactive ketones (excluding diaryl/α,β-unsaturated/α-hetero) is 1. The van der Waals surface area contributed by atoms with Crippen molar-refractivity contribution in [3.63, 3.8) is 0 Å². The quantitative estimate of drug-likeness (QED) is 0.675. The molecule has 2 N–H and O–H groups in total. The van der Waals surface area contributed by atoms with Crippen LogP contribution in [0.25, 0.3) is 0 Å². The third-order valence-electron chi connectivity index (χ3n) is 3.16. The van der Waals surface area contributed by atoms with Gasteiger partial charge in [0.1, 0.15) is 5.78 Å². The highest BCUT2D eigenvalue weighted by atomic mass is 16.1. The van der Waals surface area contributed by atoms with Crippen LogP contribution in [0.3, 0.4) is 0 Å². The summed E-state index contributed by atoms with van der Waals surface area (Å²) in [6.45, 7) is 7.51. The molecule has 78 valence electrons. The number of carbonyl (C=O) groups excluding carboxylic acids is 2. The van der Waals surface area contributed by atoms with Gasteiger partial charge in [-0.25, -0.2) is 0 Å². The minimum atomic E-state index is -0.364. The Morgan fingerprint density at radius 1 is 1.57 bits per heavy atom. The second-order valence-electron chi connectivity index (χ2n) is 4.25. The van der Waals surface area contributed by atoms with E-state index in [1.54, 1.807) is 6.92 Å². The van der Waals surface area contributed by atoms with Gasteiger partial charge >= 0.3 is 0 Å². The van der Waals surface area contributed by atoms with Gasteiger partial charge in [-0.15, -0.1) is 0 Å². The summed E-state index contributed by atoms with van der Waals surface area (Å²) in [6.07, 6.45) is 1.19. The molecule has 0 unspecified atom stereocenters. The first-order chi connectivity index (χ1) is 6.43. The average Bonchev–Trinajstić information content (AvgIpc) is 2.08. The molecule has 0 saturated heterocycles. The van der Waals surface area contributed by atoms with Gasteiger partial charge in [-0.3, -0.25) is 9.59 Å². The fourth-order valence-corrected chi connectivity index (χ4v) is 1.99. The second-order valence-corrected chi connectivity index (χ2v) is 4.25. The molecule has 0 aromatic heterocycles. The lowest BCUT2D eigenvalue weighted by atomic mass is 9.72. The zero-order valence-electron chi connectivity index (χ0n) is 8.75. The van der Waals surface area contributed by atoms with E-state index in [-0.39, 0.29) is 29.4 Å². The summed E-state index contributed by atoms with van der Waals surface area (Å²) in [5.74, 6) is -0.623. The van der Waals surface area contributed by atoms with E-state index in [9.17, 15) is 9.59 Å². The van der Waals surface area contributed by atoms with Crippen molar-refractivity contribution in [3.8, 4) is 0 Å². The van der Waals surface area contributed by atoms with E-state index in [0.717, 1.165) is 5.57 Å². The van der Waals surface area contributed by atoms with E-state index in [4.69, 9.17) is 5.73 Å². The summed E-state index contributed by atoms with van der Waals surface area (Å²) >= 11 is 0. The first-order valence-electron chi connectivity index (χ1n) is 4.91. The maximum Gasteiger partial charge on any atom is 0.221 e. The lowest BCUT2D eigenvalue weighted by Crippen LogP contribution is -2.39. The zero-order valence-corrected chi connectivity index (χ0v) is 8.75. The first-order valence-corrected chi connectivity index (χ1v) is 4.91. The fourth-order valence-electron chi connectivity index (χ4n) is 1.99. The van der Waals surface area contributed by atoms with Gasteiger partial charge in [0.05, 0.1) is 0 Å². The number of rotatable bonds is 2. The van der Waals surface area contributed by atoms with Crippen molar-refractivity contribution in [2.75, 3.05) is 0 Å². The molecule has 1 saturated carbocycles. The Labute approximate surface area is 84.4 Å². The van der Waals surface area contributed by atoms with Crippen molar-refractivity contribution in [3.05, 3.63) is 12.2 Å². The van der Waals surface area contributed by atoms with Gasteiger partial charge in [0.2, 0.25) is 5.91 Å². The predicted molar refractivity (Wildman–Crippen MR) is 54.4 cm³/mol. The molecule has 0 radical (unpaired) electrons. The van der Waals surface area contributed by atoms with Crippen molar-refractivity contribution >= 4 is 11.7 Å². The van der Waals surface area contributed by atoms with Gasteiger partial charge in [0, 0.05) is 18.3 Å². The minimum absolute atomic E-state index is 0.132. The van der Waals surface area contributed by atoms with Crippen LogP contribution >= 0.6 is 0 Å². The predicted octanol–water partition coefficient (Wildman–Crippen LogP) is 1.28. The molecular weight excluding hydrogens is 178 g/mol. The molecule has 1 aliphatic rings. The highest BCUT2D eigenvalue weighted by molar-refractivity contribution is 5.89. The Morgan fingerprint density at radius 2 is 2.14 bits per heavy atom. The summed E-state index contributed by atoms with van der Waals surface area (Å²) < 4.78 is 0. The molecule has 1 aliphatic carbocycles. The largest absolute Gasteiger partial charge is 0.369 e. The summed E-state index contributed by atoms with van der Waals surface area (Å²) in [7, 11) is 0. The van der Waals surface area contributed by atoms with Crippen LogP contribution in [0.4, 0.5) is 0 Å². The van der Waals surface area contributed by atoms with Crippen molar-refractivity contribution in [2.24, 2.45) is 23.5 Å². The van der Waals surface area contributed by atoms with Gasteiger partial charge in [-0.1, -0.05) is 19.1 Å². The summed E-state index contributed by atoms with van der Waals surface area (Å²) in [5.41, 5.74) is 6.23. The Balaban J connectivity index is 2.81. The normalized spacial score (nSPS) is 32.7. The van der Waals surface area contributed by atoms with Crippen LogP contribution < -0.4 is 5.73 Å². The molecule has 3 atom stereocenters. The Hall–Kier alpha value is -1.12. The van der Waals surface area contributed by atoms with Crippen LogP contribution in [-0.2, 0) is 9.59 Å². The molecule has 0 spiro atoms. The van der Waals surface area contributed by atoms with Crippen LogP contribution in [0, 0.1) is 17.8 Å². The Kier molecular flexibility index (Phi) is 3.09. The number of amides is 1.